The van der Waals surface area contributed by atoms with E-state index < -0.39 is 29.5 Å². The number of benzene rings is 2. The van der Waals surface area contributed by atoms with Gasteiger partial charge >= 0.3 is 5.97 Å². The van der Waals surface area contributed by atoms with Crippen LogP contribution < -0.4 is 5.01 Å². The molecule has 0 amide bonds. The number of piperidine rings is 1. The third-order valence-corrected chi connectivity index (χ3v) is 10.7. The normalized spacial score (nSPS) is 27.5. The van der Waals surface area contributed by atoms with Gasteiger partial charge in [0.25, 0.3) is 5.92 Å². The van der Waals surface area contributed by atoms with Crippen LogP contribution in [-0.4, -0.2) is 57.4 Å². The van der Waals surface area contributed by atoms with Gasteiger partial charge in [-0.15, -0.1) is 11.8 Å². The number of nitrogens with zero attached hydrogens (tertiary/aromatic N) is 3. The second-order valence-corrected chi connectivity index (χ2v) is 13.6. The number of carboxylic acid groups (broad SMARTS) is 1. The van der Waals surface area contributed by atoms with Crippen LogP contribution in [0.25, 0.3) is 11.3 Å². The first-order valence-corrected chi connectivity index (χ1v) is 15.9. The minimum absolute atomic E-state index is 0.00146. The molecule has 1 saturated carbocycles. The second-order valence-electron chi connectivity index (χ2n) is 11.8. The topological polar surface area (TPSA) is 79.0 Å². The molecule has 4 aliphatic rings. The zero-order chi connectivity index (χ0) is 30.1. The summed E-state index contributed by atoms with van der Waals surface area (Å²) in [5.74, 6) is -3.68. The Hall–Kier alpha value is -2.44. The molecule has 1 aliphatic carbocycles. The molecule has 2 saturated heterocycles. The fraction of sp³-hybridized carbons (Fsp3) is 0.467. The summed E-state index contributed by atoms with van der Waals surface area (Å²) >= 11 is 14.5. The Bertz CT molecular complexity index is 1570. The predicted molar refractivity (Wildman–Crippen MR) is 157 cm³/mol. The van der Waals surface area contributed by atoms with Gasteiger partial charge in [-0.1, -0.05) is 34.4 Å². The Balaban J connectivity index is 1.16. The molecule has 2 bridgehead atoms. The summed E-state index contributed by atoms with van der Waals surface area (Å²) in [5, 5.41) is 18.7. The van der Waals surface area contributed by atoms with E-state index in [1.165, 1.54) is 0 Å². The van der Waals surface area contributed by atoms with Crippen LogP contribution in [0.3, 0.4) is 0 Å². The van der Waals surface area contributed by atoms with Gasteiger partial charge in [0.1, 0.15) is 17.6 Å². The number of carboxylic acids is 1. The Morgan fingerprint density at radius 1 is 1.21 bits per heavy atom. The molecule has 4 unspecified atom stereocenters. The molecular formula is C30H28Cl2F3N3O4S. The van der Waals surface area contributed by atoms with E-state index in [2.05, 4.69) is 15.2 Å². The maximum atomic E-state index is 15.1. The van der Waals surface area contributed by atoms with Crippen LogP contribution in [0.15, 0.2) is 45.8 Å². The molecule has 0 spiro atoms. The number of thioether (sulfide) groups is 1. The van der Waals surface area contributed by atoms with Gasteiger partial charge in [-0.05, 0) is 49.6 Å². The molecule has 43 heavy (non-hydrogen) atoms. The number of aromatic nitrogens is 1. The predicted octanol–water partition coefficient (Wildman–Crippen LogP) is 7.88. The average molecular weight is 655 g/mol. The van der Waals surface area contributed by atoms with Crippen molar-refractivity contribution in [3.8, 4) is 11.3 Å². The zero-order valence-electron chi connectivity index (χ0n) is 22.9. The molecule has 228 valence electrons. The van der Waals surface area contributed by atoms with E-state index >= 15 is 4.39 Å². The first-order chi connectivity index (χ1) is 20.6. The van der Waals surface area contributed by atoms with Gasteiger partial charge in [-0.25, -0.2) is 23.0 Å². The Labute approximate surface area is 260 Å². The number of fused-ring (bicyclic) bond motifs is 3. The van der Waals surface area contributed by atoms with Crippen LogP contribution in [0.1, 0.15) is 53.8 Å². The van der Waals surface area contributed by atoms with Crippen molar-refractivity contribution in [2.75, 3.05) is 17.5 Å². The van der Waals surface area contributed by atoms with Gasteiger partial charge in [-0.3, -0.25) is 5.01 Å². The van der Waals surface area contributed by atoms with E-state index in [1.54, 1.807) is 42.1 Å². The summed E-state index contributed by atoms with van der Waals surface area (Å²) in [4.78, 5) is 12.4. The summed E-state index contributed by atoms with van der Waals surface area (Å²) < 4.78 is 54.8. The smallest absolute Gasteiger partial charge is 0.335 e. The van der Waals surface area contributed by atoms with Gasteiger partial charge < -0.3 is 14.4 Å². The molecule has 13 heteroatoms. The molecule has 3 aliphatic heterocycles. The number of ether oxygens (including phenoxy) is 1. The monoisotopic (exact) mass is 653 g/mol. The minimum Gasteiger partial charge on any atom is -0.478 e. The molecule has 4 heterocycles. The Morgan fingerprint density at radius 2 is 1.98 bits per heavy atom. The molecule has 0 radical (unpaired) electrons. The third-order valence-electron chi connectivity index (χ3n) is 9.07. The van der Waals surface area contributed by atoms with E-state index in [0.29, 0.717) is 44.9 Å². The van der Waals surface area contributed by atoms with Gasteiger partial charge in [0.2, 0.25) is 0 Å². The van der Waals surface area contributed by atoms with Gasteiger partial charge in [0, 0.05) is 47.2 Å². The van der Waals surface area contributed by atoms with Crippen LogP contribution in [0.2, 0.25) is 10.0 Å². The van der Waals surface area contributed by atoms with Crippen LogP contribution in [0, 0.1) is 5.92 Å². The maximum Gasteiger partial charge on any atom is 0.335 e. The summed E-state index contributed by atoms with van der Waals surface area (Å²) in [5.41, 5.74) is 1.77. The fourth-order valence-electron chi connectivity index (χ4n) is 6.90. The largest absolute Gasteiger partial charge is 0.478 e. The minimum atomic E-state index is -2.74. The molecule has 7 nitrogen and oxygen atoms in total. The van der Waals surface area contributed by atoms with Gasteiger partial charge in [-0.2, -0.15) is 0 Å². The lowest BCUT2D eigenvalue weighted by molar-refractivity contribution is -0.0541. The van der Waals surface area contributed by atoms with E-state index in [-0.39, 0.29) is 44.1 Å². The SMILES string of the molecule is O=C(O)c1ccc2c(c1)SCN2N1C2CCC1(COCc1c(-c3c(Cl)cccc3Cl)noc1CC1CC1(F)F)CC(F)C2. The molecule has 1 aromatic heterocycles. The second kappa shape index (κ2) is 10.9. The molecule has 7 rings (SSSR count). The number of hydrazine groups is 1. The van der Waals surface area contributed by atoms with E-state index in [9.17, 15) is 18.7 Å². The highest BCUT2D eigenvalue weighted by Gasteiger charge is 2.57. The van der Waals surface area contributed by atoms with Crippen molar-refractivity contribution in [3.63, 3.8) is 0 Å². The van der Waals surface area contributed by atoms with Crippen molar-refractivity contribution in [2.45, 2.75) is 73.7 Å². The summed E-state index contributed by atoms with van der Waals surface area (Å²) in [6.07, 6.45) is 1.01. The van der Waals surface area contributed by atoms with Crippen molar-refractivity contribution >= 4 is 46.6 Å². The summed E-state index contributed by atoms with van der Waals surface area (Å²) in [6, 6.07) is 10.1. The van der Waals surface area contributed by atoms with Crippen molar-refractivity contribution in [1.82, 2.24) is 10.2 Å². The lowest BCUT2D eigenvalue weighted by Crippen LogP contribution is -2.62. The van der Waals surface area contributed by atoms with Crippen LogP contribution in [0.4, 0.5) is 18.9 Å². The molecule has 3 aromatic rings. The molecule has 4 atom stereocenters. The van der Waals surface area contributed by atoms with Crippen LogP contribution in [-0.2, 0) is 17.8 Å². The number of alkyl halides is 3. The van der Waals surface area contributed by atoms with Crippen LogP contribution >= 0.6 is 35.0 Å². The molecule has 3 fully saturated rings. The quantitative estimate of drug-likeness (QED) is 0.250. The number of hydrogen-bond acceptors (Lipinski definition) is 7. The Kier molecular flexibility index (Phi) is 7.40. The summed E-state index contributed by atoms with van der Waals surface area (Å²) in [7, 11) is 0. The highest BCUT2D eigenvalue weighted by atomic mass is 35.5. The summed E-state index contributed by atoms with van der Waals surface area (Å²) in [6.45, 7) is 0.187. The number of rotatable bonds is 9. The highest BCUT2D eigenvalue weighted by molar-refractivity contribution is 7.99. The number of aromatic carboxylic acids is 1. The Morgan fingerprint density at radius 3 is 2.70 bits per heavy atom. The lowest BCUT2D eigenvalue weighted by atomic mass is 9.89. The molecular weight excluding hydrogens is 626 g/mol. The van der Waals surface area contributed by atoms with Crippen molar-refractivity contribution in [2.24, 2.45) is 5.92 Å². The van der Waals surface area contributed by atoms with Gasteiger partial charge in [0.15, 0.2) is 0 Å². The van der Waals surface area contributed by atoms with Crippen molar-refractivity contribution in [1.29, 1.82) is 0 Å². The van der Waals surface area contributed by atoms with Crippen molar-refractivity contribution < 1.29 is 32.3 Å². The first kappa shape index (κ1) is 29.3. The lowest BCUT2D eigenvalue weighted by Gasteiger charge is -2.50. The van der Waals surface area contributed by atoms with E-state index in [1.807, 2.05) is 6.07 Å². The molecule has 2 aromatic carbocycles. The number of carbonyl (C=O) groups is 1. The van der Waals surface area contributed by atoms with Gasteiger partial charge in [0.05, 0.1) is 45.9 Å². The fourth-order valence-corrected chi connectivity index (χ4v) is 8.53. The maximum absolute atomic E-state index is 15.1. The average Bonchev–Trinajstić information content (AvgIpc) is 3.25. The standard InChI is InChI=1S/C30H28Cl2F3N3O4S/c31-21-2-1-3-22(32)26(21)27-20(24(42-36-27)9-17-11-30(17,34)35)13-41-14-29-7-6-19(10-18(33)12-29)38(29)37-15-43-25-8-16(28(39)40)4-5-23(25)37/h1-5,8,17-19H,6-7,9-15H2,(H,39,40). The number of halogens is 5. The van der Waals surface area contributed by atoms with Crippen molar-refractivity contribution in [3.05, 3.63) is 63.3 Å². The van der Waals surface area contributed by atoms with Crippen LogP contribution in [0.5, 0.6) is 0 Å². The first-order valence-electron chi connectivity index (χ1n) is 14.1. The number of anilines is 1. The van der Waals surface area contributed by atoms with E-state index in [4.69, 9.17) is 32.5 Å². The number of hydrogen-bond donors (Lipinski definition) is 1. The van der Waals surface area contributed by atoms with E-state index in [0.717, 1.165) is 23.4 Å². The highest BCUT2D eigenvalue weighted by Crippen LogP contribution is 2.53. The molecule has 1 N–H and O–H groups in total. The zero-order valence-corrected chi connectivity index (χ0v) is 25.2. The third kappa shape index (κ3) is 5.20.